The van der Waals surface area contributed by atoms with E-state index < -0.39 is 0 Å². The summed E-state index contributed by atoms with van der Waals surface area (Å²) in [6, 6.07) is 52.7. The van der Waals surface area contributed by atoms with Crippen molar-refractivity contribution in [3.63, 3.8) is 0 Å². The van der Waals surface area contributed by atoms with Crippen molar-refractivity contribution in [1.82, 2.24) is 0 Å². The minimum atomic E-state index is 0.249. The molecule has 0 N–H and O–H groups in total. The number of rotatable bonds is 3. The van der Waals surface area contributed by atoms with Gasteiger partial charge in [0.25, 0.3) is 0 Å². The molecule has 0 aliphatic carbocycles. The molecule has 0 saturated carbocycles. The van der Waals surface area contributed by atoms with Crippen LogP contribution in [0.5, 0.6) is 0 Å². The summed E-state index contributed by atoms with van der Waals surface area (Å²) in [7, 11) is 0. The van der Waals surface area contributed by atoms with E-state index in [2.05, 4.69) is 144 Å². The van der Waals surface area contributed by atoms with E-state index in [0.717, 1.165) is 0 Å². The van der Waals surface area contributed by atoms with Crippen LogP contribution in [0, 0.1) is 0 Å². The molecule has 206 valence electrons. The minimum absolute atomic E-state index is 0.249. The average Bonchev–Trinajstić information content (AvgIpc) is 3.77. The number of hydrogen-bond acceptors (Lipinski definition) is 1. The Labute approximate surface area is 271 Å². The van der Waals surface area contributed by atoms with Crippen LogP contribution in [0.15, 0.2) is 140 Å². The van der Waals surface area contributed by atoms with Crippen molar-refractivity contribution in [3.8, 4) is 0 Å². The molecular formula is C40H23NSe3. The van der Waals surface area contributed by atoms with Crippen LogP contribution in [0.1, 0.15) is 0 Å². The fourth-order valence-electron chi connectivity index (χ4n) is 6.86. The summed E-state index contributed by atoms with van der Waals surface area (Å²) in [4.78, 5) is 2.59. The van der Waals surface area contributed by atoms with Gasteiger partial charge in [-0.1, -0.05) is 0 Å². The molecule has 4 heteroatoms. The van der Waals surface area contributed by atoms with Crippen LogP contribution in [-0.4, -0.2) is 43.5 Å². The molecule has 44 heavy (non-hydrogen) atoms. The van der Waals surface area contributed by atoms with Gasteiger partial charge in [-0.2, -0.15) is 0 Å². The molecule has 0 saturated heterocycles. The number of benzene rings is 7. The van der Waals surface area contributed by atoms with Gasteiger partial charge >= 0.3 is 274 Å². The van der Waals surface area contributed by atoms with Gasteiger partial charge in [0.1, 0.15) is 0 Å². The first kappa shape index (κ1) is 25.5. The molecule has 0 radical (unpaired) electrons. The molecule has 3 heterocycles. The van der Waals surface area contributed by atoms with Gasteiger partial charge in [-0.25, -0.2) is 0 Å². The quantitative estimate of drug-likeness (QED) is 0.162. The van der Waals surface area contributed by atoms with Crippen LogP contribution in [0.25, 0.3) is 68.7 Å². The Morgan fingerprint density at radius 1 is 0.341 bits per heavy atom. The molecule has 10 rings (SSSR count). The van der Waals surface area contributed by atoms with Gasteiger partial charge in [0.2, 0.25) is 0 Å². The predicted molar refractivity (Wildman–Crippen MR) is 194 cm³/mol. The Kier molecular flexibility index (Phi) is 5.69. The molecule has 0 atom stereocenters. The van der Waals surface area contributed by atoms with E-state index in [1.54, 1.807) is 0 Å². The molecule has 3 aromatic heterocycles. The second-order valence-corrected chi connectivity index (χ2v) is 17.9. The summed E-state index contributed by atoms with van der Waals surface area (Å²) < 4.78 is 8.94. The summed E-state index contributed by atoms with van der Waals surface area (Å²) in [5, 5.41) is 11.1. The number of fused-ring (bicyclic) bond motifs is 11. The normalized spacial score (nSPS) is 12.1. The molecule has 0 aliphatic heterocycles. The second-order valence-electron chi connectivity index (χ2n) is 11.3. The van der Waals surface area contributed by atoms with Crippen LogP contribution in [-0.2, 0) is 0 Å². The molecule has 0 unspecified atom stereocenters. The number of nitrogens with zero attached hydrogens (tertiary/aromatic N) is 1. The van der Waals surface area contributed by atoms with E-state index in [1.165, 1.54) is 85.7 Å². The van der Waals surface area contributed by atoms with E-state index in [0.29, 0.717) is 14.5 Å². The molecule has 0 spiro atoms. The first-order valence-corrected chi connectivity index (χ1v) is 19.9. The van der Waals surface area contributed by atoms with Crippen LogP contribution in [0.3, 0.4) is 0 Å². The summed E-state index contributed by atoms with van der Waals surface area (Å²) in [5.74, 6) is 0. The third-order valence-corrected chi connectivity index (χ3v) is 16.5. The first-order chi connectivity index (χ1) is 21.8. The van der Waals surface area contributed by atoms with Crippen molar-refractivity contribution in [3.05, 3.63) is 140 Å². The third-order valence-electron chi connectivity index (χ3n) is 8.85. The summed E-state index contributed by atoms with van der Waals surface area (Å²) in [6.45, 7) is 0. The van der Waals surface area contributed by atoms with Gasteiger partial charge in [0.05, 0.1) is 0 Å². The van der Waals surface area contributed by atoms with Crippen LogP contribution < -0.4 is 4.90 Å². The topological polar surface area (TPSA) is 3.24 Å². The fourth-order valence-corrected chi connectivity index (χ4v) is 14.5. The van der Waals surface area contributed by atoms with Crippen LogP contribution in [0.2, 0.25) is 0 Å². The predicted octanol–water partition coefficient (Wildman–Crippen LogP) is 10.4. The van der Waals surface area contributed by atoms with E-state index in [4.69, 9.17) is 0 Å². The van der Waals surface area contributed by atoms with Gasteiger partial charge in [-0.05, 0) is 0 Å². The van der Waals surface area contributed by atoms with Crippen molar-refractivity contribution < 1.29 is 0 Å². The standard InChI is InChI=1S/C40H23NSe3/c1-5-17-36-27(9-1)30-12-7-14-33(39(30)43-36)41(34-15-8-13-31-28-10-2-6-18-37(28)44-40(31)34)25-20-22-26-24(23-25)19-21-32-29-11-3-4-16-35(29)42-38(26)32/h1-23H. The number of anilines is 3. The molecular weight excluding hydrogens is 731 g/mol. The molecule has 0 aliphatic rings. The van der Waals surface area contributed by atoms with Crippen LogP contribution in [0.4, 0.5) is 17.1 Å². The molecule has 7 aromatic carbocycles. The van der Waals surface area contributed by atoms with Crippen molar-refractivity contribution in [1.29, 1.82) is 0 Å². The number of hydrogen-bond donors (Lipinski definition) is 0. The Morgan fingerprint density at radius 2 is 0.795 bits per heavy atom. The average molecular weight is 755 g/mol. The van der Waals surface area contributed by atoms with Crippen LogP contribution >= 0.6 is 0 Å². The van der Waals surface area contributed by atoms with Crippen molar-refractivity contribution in [2.75, 3.05) is 4.90 Å². The van der Waals surface area contributed by atoms with Crippen molar-refractivity contribution in [2.24, 2.45) is 0 Å². The second kappa shape index (κ2) is 9.83. The Morgan fingerprint density at radius 3 is 1.36 bits per heavy atom. The van der Waals surface area contributed by atoms with Crippen molar-refractivity contribution in [2.45, 2.75) is 0 Å². The maximum absolute atomic E-state index is 2.59. The Balaban J connectivity index is 1.28. The summed E-state index contributed by atoms with van der Waals surface area (Å²) in [6.07, 6.45) is 0. The van der Waals surface area contributed by atoms with E-state index in [9.17, 15) is 0 Å². The fraction of sp³-hybridized carbons (Fsp3) is 0. The zero-order chi connectivity index (χ0) is 28.8. The molecule has 10 aromatic rings. The van der Waals surface area contributed by atoms with Gasteiger partial charge in [0.15, 0.2) is 0 Å². The molecule has 0 fully saturated rings. The summed E-state index contributed by atoms with van der Waals surface area (Å²) in [5.41, 5.74) is 3.87. The van der Waals surface area contributed by atoms with Gasteiger partial charge in [-0.3, -0.25) is 0 Å². The van der Waals surface area contributed by atoms with E-state index in [-0.39, 0.29) is 29.0 Å². The zero-order valence-electron chi connectivity index (χ0n) is 23.5. The van der Waals surface area contributed by atoms with E-state index in [1.807, 2.05) is 0 Å². The van der Waals surface area contributed by atoms with Gasteiger partial charge < -0.3 is 0 Å². The summed E-state index contributed by atoms with van der Waals surface area (Å²) >= 11 is 0.827. The van der Waals surface area contributed by atoms with E-state index >= 15 is 0 Å². The Bertz CT molecular complexity index is 2630. The molecule has 0 amide bonds. The molecule has 0 bridgehead atoms. The van der Waals surface area contributed by atoms with Gasteiger partial charge in [-0.15, -0.1) is 0 Å². The monoisotopic (exact) mass is 757 g/mol. The van der Waals surface area contributed by atoms with Crippen molar-refractivity contribution >= 4 is 129 Å². The van der Waals surface area contributed by atoms with Gasteiger partial charge in [0, 0.05) is 0 Å². The SMILES string of the molecule is c1ccc2c(c1)[se]c1c(N(c3ccc4c(ccc5c6ccccc6[se]c45)c3)c3cccc4c3[se]c3ccccc34)cccc12. The first-order valence-electron chi connectivity index (χ1n) is 14.8. The molecule has 1 nitrogen and oxygen atoms in total. The maximum atomic E-state index is 2.59. The third kappa shape index (κ3) is 3.71. The zero-order valence-corrected chi connectivity index (χ0v) is 28.6. The Hall–Kier alpha value is -3.84.